The summed E-state index contributed by atoms with van der Waals surface area (Å²) in [5.74, 6) is -3.57. The number of hydrogen-bond donors (Lipinski definition) is 2. The van der Waals surface area contributed by atoms with E-state index in [1.807, 2.05) is 12.2 Å². The van der Waals surface area contributed by atoms with Crippen LogP contribution < -0.4 is 0 Å². The summed E-state index contributed by atoms with van der Waals surface area (Å²) < 4.78 is 0. The lowest BCUT2D eigenvalue weighted by Gasteiger charge is -2.30. The first-order valence-corrected chi connectivity index (χ1v) is 9.42. The standard InChI is InChI=1S/C21H30O4/c1-3-5-7-9-11-14-15(12-10-8-6-4-2)17-13-16(14)18(20(22)23)19(17)21(24)25/h3-4,16-19H,1-2,5-13H2,(H,22,23)(H,24,25). The number of carboxylic acids is 2. The highest BCUT2D eigenvalue weighted by Gasteiger charge is 2.57. The quantitative estimate of drug-likeness (QED) is 0.392. The predicted molar refractivity (Wildman–Crippen MR) is 98.2 cm³/mol. The van der Waals surface area contributed by atoms with E-state index in [4.69, 9.17) is 0 Å². The van der Waals surface area contributed by atoms with Crippen molar-refractivity contribution in [3.05, 3.63) is 36.5 Å². The molecule has 4 unspecified atom stereocenters. The fourth-order valence-corrected chi connectivity index (χ4v) is 4.81. The van der Waals surface area contributed by atoms with E-state index in [0.717, 1.165) is 51.4 Å². The van der Waals surface area contributed by atoms with Crippen molar-refractivity contribution in [2.24, 2.45) is 23.7 Å². The van der Waals surface area contributed by atoms with Gasteiger partial charge in [0.15, 0.2) is 0 Å². The molecule has 2 bridgehead atoms. The van der Waals surface area contributed by atoms with E-state index >= 15 is 0 Å². The van der Waals surface area contributed by atoms with Crippen LogP contribution in [0.15, 0.2) is 36.5 Å². The molecule has 0 aromatic carbocycles. The van der Waals surface area contributed by atoms with Gasteiger partial charge in [0, 0.05) is 0 Å². The molecular weight excluding hydrogens is 316 g/mol. The molecule has 0 saturated heterocycles. The van der Waals surface area contributed by atoms with Crippen molar-refractivity contribution in [1.29, 1.82) is 0 Å². The van der Waals surface area contributed by atoms with E-state index in [1.54, 1.807) is 0 Å². The molecule has 1 saturated carbocycles. The topological polar surface area (TPSA) is 74.6 Å². The highest BCUT2D eigenvalue weighted by molar-refractivity contribution is 5.83. The summed E-state index contributed by atoms with van der Waals surface area (Å²) in [5, 5.41) is 19.2. The average molecular weight is 346 g/mol. The second-order valence-corrected chi connectivity index (χ2v) is 7.30. The SMILES string of the molecule is C=CCCCCC1=C(CCCCC=C)C2CC1C(C(=O)O)C2C(=O)O. The molecule has 4 atom stereocenters. The Morgan fingerprint density at radius 1 is 0.840 bits per heavy atom. The number of allylic oxidation sites excluding steroid dienone is 4. The second kappa shape index (κ2) is 9.02. The van der Waals surface area contributed by atoms with Gasteiger partial charge >= 0.3 is 11.9 Å². The minimum absolute atomic E-state index is 0.0817. The molecule has 0 spiro atoms. The van der Waals surface area contributed by atoms with E-state index in [2.05, 4.69) is 13.2 Å². The maximum absolute atomic E-state index is 11.7. The molecule has 138 valence electrons. The number of carboxylic acid groups (broad SMARTS) is 2. The van der Waals surface area contributed by atoms with Crippen molar-refractivity contribution in [1.82, 2.24) is 0 Å². The normalized spacial score (nSPS) is 27.5. The summed E-state index contributed by atoms with van der Waals surface area (Å²) in [6.07, 6.45) is 12.4. The average Bonchev–Trinajstić information content (AvgIpc) is 3.11. The number of rotatable bonds is 12. The predicted octanol–water partition coefficient (Wildman–Crippen LogP) is 4.83. The molecule has 25 heavy (non-hydrogen) atoms. The van der Waals surface area contributed by atoms with Crippen molar-refractivity contribution in [2.45, 2.75) is 57.8 Å². The van der Waals surface area contributed by atoms with Crippen molar-refractivity contribution in [2.75, 3.05) is 0 Å². The molecule has 0 aliphatic heterocycles. The molecular formula is C21H30O4. The molecule has 0 aromatic rings. The van der Waals surface area contributed by atoms with Crippen LogP contribution in [0.3, 0.4) is 0 Å². The Kier molecular flexibility index (Phi) is 7.03. The highest BCUT2D eigenvalue weighted by Crippen LogP contribution is 2.57. The molecule has 2 N–H and O–H groups in total. The molecule has 4 heteroatoms. The van der Waals surface area contributed by atoms with E-state index in [-0.39, 0.29) is 11.8 Å². The number of carbonyl (C=O) groups is 2. The van der Waals surface area contributed by atoms with E-state index < -0.39 is 23.8 Å². The molecule has 4 nitrogen and oxygen atoms in total. The largest absolute Gasteiger partial charge is 0.481 e. The van der Waals surface area contributed by atoms with Crippen LogP contribution in [0.4, 0.5) is 0 Å². The van der Waals surface area contributed by atoms with Gasteiger partial charge in [0.2, 0.25) is 0 Å². The van der Waals surface area contributed by atoms with Crippen molar-refractivity contribution in [3.63, 3.8) is 0 Å². The third kappa shape index (κ3) is 4.23. The summed E-state index contributed by atoms with van der Waals surface area (Å²) in [6.45, 7) is 7.49. The summed E-state index contributed by atoms with van der Waals surface area (Å²) in [4.78, 5) is 23.4. The Hall–Kier alpha value is -1.84. The van der Waals surface area contributed by atoms with Crippen LogP contribution in [0.5, 0.6) is 0 Å². The van der Waals surface area contributed by atoms with E-state index in [9.17, 15) is 19.8 Å². The van der Waals surface area contributed by atoms with Gasteiger partial charge < -0.3 is 10.2 Å². The summed E-state index contributed by atoms with van der Waals surface area (Å²) in [5.41, 5.74) is 2.52. The molecule has 1 fully saturated rings. The van der Waals surface area contributed by atoms with Gasteiger partial charge in [0.25, 0.3) is 0 Å². The third-order valence-electron chi connectivity index (χ3n) is 5.85. The first-order chi connectivity index (χ1) is 12.0. The second-order valence-electron chi connectivity index (χ2n) is 7.30. The number of fused-ring (bicyclic) bond motifs is 2. The van der Waals surface area contributed by atoms with Crippen molar-refractivity contribution >= 4 is 11.9 Å². The fourth-order valence-electron chi connectivity index (χ4n) is 4.81. The van der Waals surface area contributed by atoms with Crippen LogP contribution in [-0.4, -0.2) is 22.2 Å². The van der Waals surface area contributed by atoms with Gasteiger partial charge in [-0.2, -0.15) is 0 Å². The molecule has 0 heterocycles. The summed E-state index contributed by atoms with van der Waals surface area (Å²) in [7, 11) is 0. The Morgan fingerprint density at radius 2 is 1.24 bits per heavy atom. The fraction of sp³-hybridized carbons (Fsp3) is 0.619. The van der Waals surface area contributed by atoms with Crippen LogP contribution in [0.2, 0.25) is 0 Å². The number of aliphatic carboxylic acids is 2. The van der Waals surface area contributed by atoms with Crippen LogP contribution in [0.25, 0.3) is 0 Å². The molecule has 2 aliphatic carbocycles. The van der Waals surface area contributed by atoms with E-state index in [0.29, 0.717) is 6.42 Å². The minimum Gasteiger partial charge on any atom is -0.481 e. The van der Waals surface area contributed by atoms with Crippen molar-refractivity contribution in [3.8, 4) is 0 Å². The zero-order valence-electron chi connectivity index (χ0n) is 15.0. The lowest BCUT2D eigenvalue weighted by Crippen LogP contribution is -2.36. The van der Waals surface area contributed by atoms with Gasteiger partial charge in [-0.1, -0.05) is 23.3 Å². The third-order valence-corrected chi connectivity index (χ3v) is 5.85. The van der Waals surface area contributed by atoms with Crippen LogP contribution in [0.1, 0.15) is 57.8 Å². The smallest absolute Gasteiger partial charge is 0.308 e. The maximum Gasteiger partial charge on any atom is 0.308 e. The molecule has 0 radical (unpaired) electrons. The van der Waals surface area contributed by atoms with Crippen molar-refractivity contribution < 1.29 is 19.8 Å². The minimum atomic E-state index is -0.950. The monoisotopic (exact) mass is 346 g/mol. The van der Waals surface area contributed by atoms with Gasteiger partial charge in [-0.3, -0.25) is 9.59 Å². The first-order valence-electron chi connectivity index (χ1n) is 9.42. The Bertz CT molecular complexity index is 512. The lowest BCUT2D eigenvalue weighted by atomic mass is 9.73. The highest BCUT2D eigenvalue weighted by atomic mass is 16.4. The van der Waals surface area contributed by atoms with Gasteiger partial charge in [-0.05, 0) is 69.6 Å². The molecule has 0 amide bonds. The molecule has 0 aromatic heterocycles. The Morgan fingerprint density at radius 3 is 1.56 bits per heavy atom. The zero-order valence-corrected chi connectivity index (χ0v) is 15.0. The summed E-state index contributed by atoms with van der Waals surface area (Å²) in [6, 6.07) is 0. The molecule has 2 rings (SSSR count). The van der Waals surface area contributed by atoms with Crippen LogP contribution >= 0.6 is 0 Å². The van der Waals surface area contributed by atoms with E-state index in [1.165, 1.54) is 11.1 Å². The van der Waals surface area contributed by atoms with Gasteiger partial charge in [0.1, 0.15) is 0 Å². The molecule has 2 aliphatic rings. The Balaban J connectivity index is 2.19. The lowest BCUT2D eigenvalue weighted by molar-refractivity contribution is -0.154. The van der Waals surface area contributed by atoms with Crippen LogP contribution in [0, 0.1) is 23.7 Å². The van der Waals surface area contributed by atoms with Gasteiger partial charge in [-0.15, -0.1) is 13.2 Å². The van der Waals surface area contributed by atoms with Gasteiger partial charge in [-0.25, -0.2) is 0 Å². The number of unbranched alkanes of at least 4 members (excludes halogenated alkanes) is 4. The summed E-state index contributed by atoms with van der Waals surface area (Å²) >= 11 is 0. The van der Waals surface area contributed by atoms with Gasteiger partial charge in [0.05, 0.1) is 11.8 Å². The Labute approximate surface area is 150 Å². The first kappa shape index (κ1) is 19.5. The maximum atomic E-state index is 11.7. The van der Waals surface area contributed by atoms with Crippen LogP contribution in [-0.2, 0) is 9.59 Å². The zero-order chi connectivity index (χ0) is 18.4. The number of hydrogen-bond acceptors (Lipinski definition) is 2.